The van der Waals surface area contributed by atoms with Crippen LogP contribution in [0, 0.1) is 11.5 Å². The number of rotatable bonds is 6. The van der Waals surface area contributed by atoms with Crippen LogP contribution in [0.25, 0.3) is 6.08 Å². The summed E-state index contributed by atoms with van der Waals surface area (Å²) in [6.45, 7) is 7.07. The lowest BCUT2D eigenvalue weighted by atomic mass is 10.2. The molecule has 0 saturated carbocycles. The van der Waals surface area contributed by atoms with E-state index in [0.29, 0.717) is 12.2 Å². The number of hydrogen-bond acceptors (Lipinski definition) is 5. The number of carbonyl (C=O) groups is 1. The Balaban J connectivity index is 1.62. The lowest BCUT2D eigenvalue weighted by Crippen LogP contribution is -2.32. The van der Waals surface area contributed by atoms with Gasteiger partial charge in [0.15, 0.2) is 6.29 Å². The van der Waals surface area contributed by atoms with E-state index < -0.39 is 30.3 Å². The van der Waals surface area contributed by atoms with Gasteiger partial charge in [0.05, 0.1) is 4.90 Å². The summed E-state index contributed by atoms with van der Waals surface area (Å²) in [6.07, 6.45) is 7.97. The lowest BCUT2D eigenvalue weighted by Gasteiger charge is -2.21. The fraction of sp³-hybridized carbons (Fsp3) is 0.348. The van der Waals surface area contributed by atoms with E-state index >= 15 is 0 Å². The van der Waals surface area contributed by atoms with Crippen LogP contribution in [0.15, 0.2) is 53.7 Å². The molecule has 32 heavy (non-hydrogen) atoms. The van der Waals surface area contributed by atoms with Crippen LogP contribution in [-0.4, -0.2) is 39.3 Å². The zero-order valence-electron chi connectivity index (χ0n) is 18.5. The number of nitrogens with one attached hydrogen (secondary N) is 1. The number of amides is 1. The van der Waals surface area contributed by atoms with Crippen molar-refractivity contribution in [2.24, 2.45) is 0 Å². The van der Waals surface area contributed by atoms with Crippen molar-refractivity contribution in [3.05, 3.63) is 59.9 Å². The summed E-state index contributed by atoms with van der Waals surface area (Å²) >= 11 is 0. The second-order valence-electron chi connectivity index (χ2n) is 8.52. The lowest BCUT2D eigenvalue weighted by molar-refractivity contribution is -0.198. The van der Waals surface area contributed by atoms with Crippen molar-refractivity contribution in [1.29, 1.82) is 0 Å². The van der Waals surface area contributed by atoms with Crippen LogP contribution in [0.4, 0.5) is 0 Å². The summed E-state index contributed by atoms with van der Waals surface area (Å²) in [7, 11) is -5.24. The van der Waals surface area contributed by atoms with E-state index in [1.165, 1.54) is 24.5 Å². The van der Waals surface area contributed by atoms with Gasteiger partial charge in [0.1, 0.15) is 8.07 Å². The van der Waals surface area contributed by atoms with Gasteiger partial charge in [-0.15, -0.1) is 5.54 Å². The molecule has 1 aliphatic heterocycles. The summed E-state index contributed by atoms with van der Waals surface area (Å²) in [4.78, 5) is 17.3. The maximum absolute atomic E-state index is 12.9. The molecule has 1 unspecified atom stereocenters. The Morgan fingerprint density at radius 3 is 2.62 bits per heavy atom. The number of nitrogens with zero attached hydrogens (tertiary/aromatic N) is 1. The third-order valence-corrected chi connectivity index (χ3v) is 7.08. The number of benzene rings is 1. The summed E-state index contributed by atoms with van der Waals surface area (Å²) < 4.78 is 32.3. The second-order valence-corrected chi connectivity index (χ2v) is 15.1. The first-order valence-corrected chi connectivity index (χ1v) is 15.4. The Morgan fingerprint density at radius 2 is 1.97 bits per heavy atom. The van der Waals surface area contributed by atoms with Gasteiger partial charge >= 0.3 is 0 Å². The summed E-state index contributed by atoms with van der Waals surface area (Å²) in [5.41, 5.74) is 6.94. The van der Waals surface area contributed by atoms with E-state index in [9.17, 15) is 13.2 Å². The van der Waals surface area contributed by atoms with E-state index in [1.807, 2.05) is 0 Å². The molecule has 1 aromatic heterocycles. The van der Waals surface area contributed by atoms with Crippen LogP contribution >= 0.6 is 0 Å². The molecule has 1 aliphatic rings. The van der Waals surface area contributed by atoms with Gasteiger partial charge in [-0.1, -0.05) is 25.6 Å². The van der Waals surface area contributed by atoms with Gasteiger partial charge in [-0.05, 0) is 54.8 Å². The van der Waals surface area contributed by atoms with Crippen molar-refractivity contribution in [3.8, 4) is 11.5 Å². The Labute approximate surface area is 190 Å². The van der Waals surface area contributed by atoms with Crippen LogP contribution in [0.5, 0.6) is 0 Å². The van der Waals surface area contributed by atoms with Gasteiger partial charge in [0, 0.05) is 37.1 Å². The SMILES string of the molecule is C[Si](C)(C)C#Cc1ccc(S(=O)(=O)n2ccc(C=CC(=O)NOC3CCCCO3)c2)cc1. The first-order valence-electron chi connectivity index (χ1n) is 10.5. The molecule has 1 atom stereocenters. The minimum atomic E-state index is -3.74. The number of hydroxylamine groups is 1. The quantitative estimate of drug-likeness (QED) is 0.301. The average molecular weight is 473 g/mol. The molecule has 1 N–H and O–H groups in total. The van der Waals surface area contributed by atoms with Crippen LogP contribution in [0.1, 0.15) is 30.4 Å². The third kappa shape index (κ3) is 6.93. The number of ether oxygens (including phenoxy) is 1. The summed E-state index contributed by atoms with van der Waals surface area (Å²) in [6, 6.07) is 8.14. The molecule has 1 aromatic carbocycles. The molecule has 3 rings (SSSR count). The van der Waals surface area contributed by atoms with Gasteiger partial charge < -0.3 is 4.74 Å². The summed E-state index contributed by atoms with van der Waals surface area (Å²) in [5.74, 6) is 2.66. The molecular weight excluding hydrogens is 444 g/mol. The molecule has 2 heterocycles. The molecule has 2 aromatic rings. The molecule has 0 radical (unpaired) electrons. The Kier molecular flexibility index (Phi) is 7.74. The third-order valence-electron chi connectivity index (χ3n) is 4.56. The van der Waals surface area contributed by atoms with Crippen molar-refractivity contribution in [3.63, 3.8) is 0 Å². The highest BCUT2D eigenvalue weighted by atomic mass is 32.2. The van der Waals surface area contributed by atoms with Gasteiger partial charge in [-0.2, -0.15) is 0 Å². The standard InChI is InChI=1S/C23H28N2O5SSi/c1-32(2,3)17-14-19-7-10-21(11-8-19)31(27,28)25-15-13-20(18-25)9-12-22(26)24-30-23-6-4-5-16-29-23/h7-13,15,18,23H,4-6,16H2,1-3H3,(H,24,26). The average Bonchev–Trinajstić information content (AvgIpc) is 3.25. The predicted octanol–water partition coefficient (Wildman–Crippen LogP) is 3.54. The van der Waals surface area contributed by atoms with Crippen molar-refractivity contribution < 1.29 is 22.8 Å². The first-order chi connectivity index (χ1) is 15.1. The maximum atomic E-state index is 12.9. The van der Waals surface area contributed by atoms with E-state index in [-0.39, 0.29) is 4.90 Å². The highest BCUT2D eigenvalue weighted by molar-refractivity contribution is 7.90. The van der Waals surface area contributed by atoms with Gasteiger partial charge in [-0.25, -0.2) is 22.7 Å². The topological polar surface area (TPSA) is 86.6 Å². The molecule has 0 spiro atoms. The van der Waals surface area contributed by atoms with E-state index in [1.54, 1.807) is 30.3 Å². The Hall–Kier alpha value is -2.64. The zero-order chi connectivity index (χ0) is 23.2. The molecule has 1 saturated heterocycles. The molecule has 170 valence electrons. The number of aromatic nitrogens is 1. The van der Waals surface area contributed by atoms with Crippen molar-refractivity contribution in [2.75, 3.05) is 6.61 Å². The van der Waals surface area contributed by atoms with Gasteiger partial charge in [-0.3, -0.25) is 4.79 Å². The monoisotopic (exact) mass is 472 g/mol. The molecule has 7 nitrogen and oxygen atoms in total. The minimum Gasteiger partial charge on any atom is -0.350 e. The predicted molar refractivity (Wildman–Crippen MR) is 126 cm³/mol. The van der Waals surface area contributed by atoms with Crippen molar-refractivity contribution in [1.82, 2.24) is 9.45 Å². The van der Waals surface area contributed by atoms with Crippen LogP contribution < -0.4 is 5.48 Å². The second kappa shape index (κ2) is 10.3. The Morgan fingerprint density at radius 1 is 1.22 bits per heavy atom. The van der Waals surface area contributed by atoms with Crippen molar-refractivity contribution >= 4 is 30.1 Å². The van der Waals surface area contributed by atoms with Crippen LogP contribution in [0.2, 0.25) is 19.6 Å². The minimum absolute atomic E-state index is 0.167. The fourth-order valence-electron chi connectivity index (χ4n) is 2.87. The van der Waals surface area contributed by atoms with Crippen LogP contribution in [0.3, 0.4) is 0 Å². The highest BCUT2D eigenvalue weighted by Crippen LogP contribution is 2.17. The van der Waals surface area contributed by atoms with E-state index in [0.717, 1.165) is 28.8 Å². The van der Waals surface area contributed by atoms with Crippen molar-refractivity contribution in [2.45, 2.75) is 50.1 Å². The zero-order valence-corrected chi connectivity index (χ0v) is 20.3. The molecular formula is C23H28N2O5SSi. The molecule has 1 amide bonds. The van der Waals surface area contributed by atoms with E-state index in [4.69, 9.17) is 9.57 Å². The maximum Gasteiger partial charge on any atom is 0.267 e. The molecule has 1 fully saturated rings. The normalized spacial score (nSPS) is 17.0. The highest BCUT2D eigenvalue weighted by Gasteiger charge is 2.17. The first kappa shape index (κ1) is 24.0. The van der Waals surface area contributed by atoms with E-state index in [2.05, 4.69) is 36.6 Å². The molecule has 9 heteroatoms. The summed E-state index contributed by atoms with van der Waals surface area (Å²) in [5, 5.41) is 0. The number of hydrogen-bond donors (Lipinski definition) is 1. The molecule has 0 aliphatic carbocycles. The largest absolute Gasteiger partial charge is 0.350 e. The fourth-order valence-corrected chi connectivity index (χ4v) is 4.59. The molecule has 0 bridgehead atoms. The number of carbonyl (C=O) groups excluding carboxylic acids is 1. The smallest absolute Gasteiger partial charge is 0.267 e. The van der Waals surface area contributed by atoms with Crippen LogP contribution in [-0.2, 0) is 24.4 Å². The van der Waals surface area contributed by atoms with Gasteiger partial charge in [0.2, 0.25) is 0 Å². The Bertz CT molecular complexity index is 1130. The van der Waals surface area contributed by atoms with Gasteiger partial charge in [0.25, 0.3) is 15.9 Å².